The number of hydrogen-bond donors (Lipinski definition) is 1. The van der Waals surface area contributed by atoms with E-state index in [1.54, 1.807) is 24.3 Å². The third kappa shape index (κ3) is 3.39. The summed E-state index contributed by atoms with van der Waals surface area (Å²) in [5.74, 6) is 0.678. The molecule has 0 radical (unpaired) electrons. The summed E-state index contributed by atoms with van der Waals surface area (Å²) < 4.78 is 32.3. The van der Waals surface area contributed by atoms with Crippen molar-refractivity contribution in [2.75, 3.05) is 19.7 Å². The first-order chi connectivity index (χ1) is 9.77. The zero-order valence-electron chi connectivity index (χ0n) is 12.9. The third-order valence-electron chi connectivity index (χ3n) is 4.05. The Morgan fingerprint density at radius 1 is 1.33 bits per heavy atom. The topological polar surface area (TPSA) is 72.6 Å². The van der Waals surface area contributed by atoms with Crippen LogP contribution in [0.25, 0.3) is 0 Å². The predicted octanol–water partition coefficient (Wildman–Crippen LogP) is 1.83. The van der Waals surface area contributed by atoms with Gasteiger partial charge in [0.15, 0.2) is 0 Å². The number of piperidine rings is 1. The summed E-state index contributed by atoms with van der Waals surface area (Å²) in [5, 5.41) is 0. The zero-order valence-corrected chi connectivity index (χ0v) is 13.7. The summed E-state index contributed by atoms with van der Waals surface area (Å²) in [5.41, 5.74) is 5.86. The second-order valence-corrected chi connectivity index (χ2v) is 8.06. The highest BCUT2D eigenvalue weighted by atomic mass is 32.2. The third-order valence-corrected chi connectivity index (χ3v) is 5.91. The number of nitrogens with two attached hydrogens (primary N) is 1. The highest BCUT2D eigenvalue weighted by Crippen LogP contribution is 2.31. The van der Waals surface area contributed by atoms with Crippen molar-refractivity contribution in [3.8, 4) is 5.75 Å². The van der Waals surface area contributed by atoms with Crippen LogP contribution >= 0.6 is 0 Å². The summed E-state index contributed by atoms with van der Waals surface area (Å²) in [7, 11) is -3.47. The van der Waals surface area contributed by atoms with Crippen molar-refractivity contribution < 1.29 is 13.2 Å². The Kier molecular flexibility index (Phi) is 4.60. The van der Waals surface area contributed by atoms with Crippen molar-refractivity contribution in [2.24, 2.45) is 11.1 Å². The fourth-order valence-electron chi connectivity index (χ4n) is 2.55. The van der Waals surface area contributed by atoms with Crippen molar-refractivity contribution in [3.63, 3.8) is 0 Å². The Hall–Kier alpha value is -1.11. The maximum Gasteiger partial charge on any atom is 0.243 e. The van der Waals surface area contributed by atoms with Crippen molar-refractivity contribution >= 4 is 10.0 Å². The van der Waals surface area contributed by atoms with E-state index in [9.17, 15) is 8.42 Å². The molecule has 1 aliphatic heterocycles. The Labute approximate surface area is 127 Å². The van der Waals surface area contributed by atoms with Gasteiger partial charge in [-0.1, -0.05) is 13.8 Å². The van der Waals surface area contributed by atoms with Crippen LogP contribution in [-0.2, 0) is 10.0 Å². The first-order valence-corrected chi connectivity index (χ1v) is 8.70. The molecular formula is C15H24N2O3S. The number of hydrogen-bond acceptors (Lipinski definition) is 4. The molecule has 0 spiro atoms. The molecule has 1 saturated heterocycles. The van der Waals surface area contributed by atoms with Crippen LogP contribution in [0.2, 0.25) is 0 Å². The van der Waals surface area contributed by atoms with Crippen LogP contribution in [0.5, 0.6) is 5.75 Å². The Balaban J connectivity index is 2.22. The first-order valence-electron chi connectivity index (χ1n) is 7.26. The molecule has 0 aromatic heterocycles. The highest BCUT2D eigenvalue weighted by molar-refractivity contribution is 7.89. The average Bonchev–Trinajstić information content (AvgIpc) is 2.42. The van der Waals surface area contributed by atoms with Crippen LogP contribution in [0, 0.1) is 5.41 Å². The molecule has 1 fully saturated rings. The van der Waals surface area contributed by atoms with E-state index in [4.69, 9.17) is 10.5 Å². The van der Waals surface area contributed by atoms with Crippen LogP contribution in [0.3, 0.4) is 0 Å². The summed E-state index contributed by atoms with van der Waals surface area (Å²) >= 11 is 0. The molecule has 1 heterocycles. The Morgan fingerprint density at radius 3 is 2.48 bits per heavy atom. The summed E-state index contributed by atoms with van der Waals surface area (Å²) in [6.45, 7) is 7.40. The predicted molar refractivity (Wildman–Crippen MR) is 82.7 cm³/mol. The van der Waals surface area contributed by atoms with Crippen LogP contribution in [-0.4, -0.2) is 38.5 Å². The maximum atomic E-state index is 12.7. The van der Waals surface area contributed by atoms with E-state index >= 15 is 0 Å². The van der Waals surface area contributed by atoms with E-state index in [0.717, 1.165) is 0 Å². The number of rotatable bonds is 4. The lowest BCUT2D eigenvalue weighted by Gasteiger charge is -2.41. The zero-order chi connectivity index (χ0) is 15.7. The van der Waals surface area contributed by atoms with Gasteiger partial charge in [0, 0.05) is 19.1 Å². The molecule has 0 amide bonds. The van der Waals surface area contributed by atoms with Crippen LogP contribution in [0.15, 0.2) is 29.2 Å². The van der Waals surface area contributed by atoms with Crippen LogP contribution in [0.4, 0.5) is 0 Å². The van der Waals surface area contributed by atoms with E-state index in [1.165, 1.54) is 4.31 Å². The molecule has 6 heteroatoms. The molecule has 2 rings (SSSR count). The lowest BCUT2D eigenvalue weighted by molar-refractivity contribution is 0.155. The Bertz CT molecular complexity index is 581. The Morgan fingerprint density at radius 2 is 1.95 bits per heavy atom. The molecule has 0 bridgehead atoms. The van der Waals surface area contributed by atoms with Crippen molar-refractivity contribution in [1.29, 1.82) is 0 Å². The van der Waals surface area contributed by atoms with Gasteiger partial charge in [-0.15, -0.1) is 0 Å². The van der Waals surface area contributed by atoms with E-state index in [0.29, 0.717) is 36.8 Å². The minimum atomic E-state index is -3.47. The molecular weight excluding hydrogens is 288 g/mol. The van der Waals surface area contributed by atoms with Gasteiger partial charge in [0.2, 0.25) is 10.0 Å². The number of sulfonamides is 1. The monoisotopic (exact) mass is 312 g/mol. The quantitative estimate of drug-likeness (QED) is 0.920. The molecule has 1 aromatic carbocycles. The number of nitrogens with zero attached hydrogens (tertiary/aromatic N) is 1. The lowest BCUT2D eigenvalue weighted by Crippen LogP contribution is -2.53. The van der Waals surface area contributed by atoms with Gasteiger partial charge in [-0.05, 0) is 43.0 Å². The smallest absolute Gasteiger partial charge is 0.243 e. The second kappa shape index (κ2) is 5.94. The normalized spacial score (nSPS) is 23.0. The van der Waals surface area contributed by atoms with E-state index < -0.39 is 10.0 Å². The van der Waals surface area contributed by atoms with Crippen LogP contribution in [0.1, 0.15) is 27.2 Å². The molecule has 1 unspecified atom stereocenters. The minimum Gasteiger partial charge on any atom is -0.494 e. The lowest BCUT2D eigenvalue weighted by atomic mass is 9.81. The van der Waals surface area contributed by atoms with Gasteiger partial charge in [-0.25, -0.2) is 8.42 Å². The molecule has 0 aliphatic carbocycles. The molecule has 2 N–H and O–H groups in total. The second-order valence-electron chi connectivity index (χ2n) is 6.13. The standard InChI is InChI=1S/C15H24N2O3S/c1-4-20-12-5-7-13(8-6-12)21(18,19)17-10-9-14(16)15(2,3)11-17/h5-8,14H,4,9-11,16H2,1-3H3. The number of ether oxygens (including phenoxy) is 1. The molecule has 5 nitrogen and oxygen atoms in total. The summed E-state index contributed by atoms with van der Waals surface area (Å²) in [4.78, 5) is 0.303. The first kappa shape index (κ1) is 16.3. The molecule has 1 atom stereocenters. The van der Waals surface area contributed by atoms with Gasteiger partial charge in [0.25, 0.3) is 0 Å². The SMILES string of the molecule is CCOc1ccc(S(=O)(=O)N2CCC(N)C(C)(C)C2)cc1. The average molecular weight is 312 g/mol. The van der Waals surface area contributed by atoms with E-state index in [2.05, 4.69) is 0 Å². The van der Waals surface area contributed by atoms with Gasteiger partial charge in [-0.2, -0.15) is 4.31 Å². The van der Waals surface area contributed by atoms with Gasteiger partial charge >= 0.3 is 0 Å². The fraction of sp³-hybridized carbons (Fsp3) is 0.600. The molecule has 1 aliphatic rings. The van der Waals surface area contributed by atoms with Crippen molar-refractivity contribution in [3.05, 3.63) is 24.3 Å². The number of benzene rings is 1. The van der Waals surface area contributed by atoms with Crippen molar-refractivity contribution in [2.45, 2.75) is 38.1 Å². The van der Waals surface area contributed by atoms with Gasteiger partial charge in [0.05, 0.1) is 11.5 Å². The minimum absolute atomic E-state index is 0.0317. The van der Waals surface area contributed by atoms with Gasteiger partial charge in [0.1, 0.15) is 5.75 Å². The fourth-order valence-corrected chi connectivity index (χ4v) is 4.18. The molecule has 1 aromatic rings. The summed E-state index contributed by atoms with van der Waals surface area (Å²) in [6, 6.07) is 6.61. The van der Waals surface area contributed by atoms with Crippen molar-refractivity contribution in [1.82, 2.24) is 4.31 Å². The summed E-state index contributed by atoms with van der Waals surface area (Å²) in [6.07, 6.45) is 0.684. The van der Waals surface area contributed by atoms with Gasteiger partial charge < -0.3 is 10.5 Å². The van der Waals surface area contributed by atoms with Crippen LogP contribution < -0.4 is 10.5 Å². The van der Waals surface area contributed by atoms with Gasteiger partial charge in [-0.3, -0.25) is 0 Å². The molecule has 0 saturated carbocycles. The van der Waals surface area contributed by atoms with E-state index in [1.807, 2.05) is 20.8 Å². The largest absolute Gasteiger partial charge is 0.494 e. The molecule has 21 heavy (non-hydrogen) atoms. The van der Waals surface area contributed by atoms with E-state index in [-0.39, 0.29) is 11.5 Å². The maximum absolute atomic E-state index is 12.7. The molecule has 118 valence electrons. The highest BCUT2D eigenvalue weighted by Gasteiger charge is 2.38.